The van der Waals surface area contributed by atoms with E-state index in [1.54, 1.807) is 79.7 Å². The number of pyridine rings is 1. The van der Waals surface area contributed by atoms with E-state index in [-0.39, 0.29) is 29.8 Å². The Morgan fingerprint density at radius 1 is 0.800 bits per heavy atom. The molecule has 10 heteroatoms. The highest BCUT2D eigenvalue weighted by Crippen LogP contribution is 2.38. The summed E-state index contributed by atoms with van der Waals surface area (Å²) in [7, 11) is 4.77. The minimum Gasteiger partial charge on any atom is -0.497 e. The molecule has 1 aliphatic heterocycles. The Morgan fingerprint density at radius 2 is 1.46 bits per heavy atom. The molecule has 6 rings (SSSR count). The minimum atomic E-state index is -0.267. The zero-order chi connectivity index (χ0) is 35.0. The van der Waals surface area contributed by atoms with Crippen molar-refractivity contribution in [2.45, 2.75) is 25.4 Å². The SMILES string of the molecule is COc1ccc(CN(Cc2ccc(OC)cc2)C(=O)c2cccc(N3C[C@@H](c4ccc(OC)c(Oc5ccccc5C#N)c4)CC3=O)n2)cc1. The van der Waals surface area contributed by atoms with Crippen LogP contribution < -0.4 is 23.8 Å². The highest BCUT2D eigenvalue weighted by atomic mass is 16.5. The first kappa shape index (κ1) is 33.6. The second-order valence-electron chi connectivity index (χ2n) is 11.8. The summed E-state index contributed by atoms with van der Waals surface area (Å²) in [6.07, 6.45) is 0.251. The van der Waals surface area contributed by atoms with Gasteiger partial charge in [-0.05, 0) is 77.4 Å². The molecule has 0 unspecified atom stereocenters. The molecule has 0 bridgehead atoms. The number of hydrogen-bond donors (Lipinski definition) is 0. The maximum atomic E-state index is 14.1. The highest BCUT2D eigenvalue weighted by Gasteiger charge is 2.33. The van der Waals surface area contributed by atoms with Crippen molar-refractivity contribution in [3.8, 4) is 34.8 Å². The van der Waals surface area contributed by atoms with Gasteiger partial charge in [0.25, 0.3) is 5.91 Å². The summed E-state index contributed by atoms with van der Waals surface area (Å²) >= 11 is 0. The van der Waals surface area contributed by atoms with Crippen LogP contribution in [0.2, 0.25) is 0 Å². The predicted molar refractivity (Wildman–Crippen MR) is 188 cm³/mol. The molecule has 0 spiro atoms. The Balaban J connectivity index is 1.23. The third-order valence-electron chi connectivity index (χ3n) is 8.59. The Bertz CT molecular complexity index is 1970. The summed E-state index contributed by atoms with van der Waals surface area (Å²) in [5, 5.41) is 9.53. The normalized spacial score (nSPS) is 13.8. The van der Waals surface area contributed by atoms with E-state index in [4.69, 9.17) is 23.9 Å². The van der Waals surface area contributed by atoms with Gasteiger partial charge in [-0.1, -0.05) is 48.5 Å². The van der Waals surface area contributed by atoms with Crippen LogP contribution >= 0.6 is 0 Å². The second kappa shape index (κ2) is 15.3. The molecule has 0 N–H and O–H groups in total. The fourth-order valence-electron chi connectivity index (χ4n) is 5.90. The number of methoxy groups -OCH3 is 3. The Kier molecular flexibility index (Phi) is 10.2. The molecule has 1 fully saturated rings. The van der Waals surface area contributed by atoms with Crippen LogP contribution in [0.3, 0.4) is 0 Å². The lowest BCUT2D eigenvalue weighted by Crippen LogP contribution is -2.32. The first-order valence-electron chi connectivity index (χ1n) is 16.1. The molecule has 252 valence electrons. The molecular formula is C40H36N4O6. The molecule has 2 heterocycles. The molecule has 4 aromatic carbocycles. The van der Waals surface area contributed by atoms with Gasteiger partial charge in [-0.25, -0.2) is 4.98 Å². The molecule has 1 aliphatic rings. The van der Waals surface area contributed by atoms with Crippen LogP contribution in [0.15, 0.2) is 109 Å². The number of nitrogens with zero attached hydrogens (tertiary/aromatic N) is 4. The average Bonchev–Trinajstić information content (AvgIpc) is 3.56. The Morgan fingerprint density at radius 3 is 2.08 bits per heavy atom. The lowest BCUT2D eigenvalue weighted by Gasteiger charge is -2.24. The van der Waals surface area contributed by atoms with Crippen LogP contribution in [0.4, 0.5) is 5.82 Å². The van der Waals surface area contributed by atoms with Crippen molar-refractivity contribution >= 4 is 17.6 Å². The fourth-order valence-corrected chi connectivity index (χ4v) is 5.90. The number of anilines is 1. The standard InChI is InChI=1S/C40H36N4O6/c1-47-32-16-11-27(12-17-32)24-43(25-28-13-18-33(48-2)19-14-28)40(46)34-8-6-10-38(42-34)44-26-31(22-39(44)45)29-15-20-36(49-3)37(21-29)50-35-9-5-4-7-30(35)23-41/h4-21,31H,22,24-26H2,1-3H3/t31-/m0/s1. The molecule has 2 amide bonds. The third-order valence-corrected chi connectivity index (χ3v) is 8.59. The first-order chi connectivity index (χ1) is 24.4. The van der Waals surface area contributed by atoms with Gasteiger partial charge < -0.3 is 23.8 Å². The fraction of sp³-hybridized carbons (Fsp3) is 0.200. The van der Waals surface area contributed by atoms with Gasteiger partial charge in [0.2, 0.25) is 5.91 Å². The zero-order valence-electron chi connectivity index (χ0n) is 28.0. The zero-order valence-corrected chi connectivity index (χ0v) is 28.0. The van der Waals surface area contributed by atoms with Gasteiger partial charge >= 0.3 is 0 Å². The number of nitriles is 1. The van der Waals surface area contributed by atoms with Gasteiger partial charge in [0.1, 0.15) is 34.8 Å². The van der Waals surface area contributed by atoms with Gasteiger partial charge in [0.05, 0.1) is 26.9 Å². The van der Waals surface area contributed by atoms with E-state index in [0.717, 1.165) is 28.2 Å². The van der Waals surface area contributed by atoms with Crippen molar-refractivity contribution in [3.05, 3.63) is 137 Å². The van der Waals surface area contributed by atoms with Gasteiger partial charge in [0.15, 0.2) is 11.5 Å². The lowest BCUT2D eigenvalue weighted by atomic mass is 9.98. The van der Waals surface area contributed by atoms with E-state index in [2.05, 4.69) is 6.07 Å². The summed E-state index contributed by atoms with van der Waals surface area (Å²) in [6, 6.07) is 35.0. The molecule has 1 saturated heterocycles. The van der Waals surface area contributed by atoms with Gasteiger partial charge in [0, 0.05) is 32.0 Å². The number of benzene rings is 4. The van der Waals surface area contributed by atoms with Crippen molar-refractivity contribution in [1.82, 2.24) is 9.88 Å². The van der Waals surface area contributed by atoms with E-state index in [1.165, 1.54) is 0 Å². The molecule has 0 radical (unpaired) electrons. The quantitative estimate of drug-likeness (QED) is 0.138. The van der Waals surface area contributed by atoms with Crippen LogP contribution in [-0.4, -0.2) is 49.6 Å². The van der Waals surface area contributed by atoms with E-state index >= 15 is 0 Å². The topological polar surface area (TPSA) is 114 Å². The van der Waals surface area contributed by atoms with Gasteiger partial charge in [-0.2, -0.15) is 5.26 Å². The number of carbonyl (C=O) groups is 2. The third kappa shape index (κ3) is 7.53. The first-order valence-corrected chi connectivity index (χ1v) is 16.1. The molecule has 10 nitrogen and oxygen atoms in total. The number of rotatable bonds is 12. The maximum absolute atomic E-state index is 14.1. The summed E-state index contributed by atoms with van der Waals surface area (Å²) in [5.41, 5.74) is 3.37. The van der Waals surface area contributed by atoms with Crippen molar-refractivity contribution in [2.75, 3.05) is 32.8 Å². The number of carbonyl (C=O) groups excluding carboxylic acids is 2. The van der Waals surface area contributed by atoms with Gasteiger partial charge in [-0.15, -0.1) is 0 Å². The average molecular weight is 669 g/mol. The number of ether oxygens (including phenoxy) is 4. The molecule has 5 aromatic rings. The van der Waals surface area contributed by atoms with E-state index < -0.39 is 0 Å². The minimum absolute atomic E-state index is 0.103. The number of hydrogen-bond acceptors (Lipinski definition) is 8. The van der Waals surface area contributed by atoms with E-state index in [1.807, 2.05) is 60.7 Å². The van der Waals surface area contributed by atoms with E-state index in [9.17, 15) is 14.9 Å². The van der Waals surface area contributed by atoms with Crippen molar-refractivity contribution in [2.24, 2.45) is 0 Å². The lowest BCUT2D eigenvalue weighted by molar-refractivity contribution is -0.117. The second-order valence-corrected chi connectivity index (χ2v) is 11.8. The van der Waals surface area contributed by atoms with E-state index in [0.29, 0.717) is 48.3 Å². The smallest absolute Gasteiger partial charge is 0.273 e. The van der Waals surface area contributed by atoms with Crippen LogP contribution in [0.25, 0.3) is 0 Å². The molecule has 50 heavy (non-hydrogen) atoms. The van der Waals surface area contributed by atoms with Crippen LogP contribution in [0.1, 0.15) is 45.1 Å². The Labute approximate surface area is 291 Å². The summed E-state index contributed by atoms with van der Waals surface area (Å²) in [5.74, 6) is 2.69. The van der Waals surface area contributed by atoms with Crippen molar-refractivity contribution < 1.29 is 28.5 Å². The molecule has 0 aliphatic carbocycles. The summed E-state index contributed by atoms with van der Waals surface area (Å²) in [4.78, 5) is 35.6. The molecular weight excluding hydrogens is 632 g/mol. The number of aromatic nitrogens is 1. The number of amides is 2. The number of para-hydroxylation sites is 1. The van der Waals surface area contributed by atoms with Crippen LogP contribution in [0.5, 0.6) is 28.7 Å². The maximum Gasteiger partial charge on any atom is 0.273 e. The van der Waals surface area contributed by atoms with Crippen LogP contribution in [0, 0.1) is 11.3 Å². The largest absolute Gasteiger partial charge is 0.497 e. The van der Waals surface area contributed by atoms with Crippen molar-refractivity contribution in [3.63, 3.8) is 0 Å². The molecule has 1 aromatic heterocycles. The predicted octanol–water partition coefficient (Wildman–Crippen LogP) is 7.13. The van der Waals surface area contributed by atoms with Crippen molar-refractivity contribution in [1.29, 1.82) is 5.26 Å². The van der Waals surface area contributed by atoms with Crippen LogP contribution in [-0.2, 0) is 17.9 Å². The highest BCUT2D eigenvalue weighted by molar-refractivity contribution is 5.97. The Hall–Kier alpha value is -6.34. The van der Waals surface area contributed by atoms with Gasteiger partial charge in [-0.3, -0.25) is 14.5 Å². The summed E-state index contributed by atoms with van der Waals surface area (Å²) < 4.78 is 22.3. The molecule has 0 saturated carbocycles. The summed E-state index contributed by atoms with van der Waals surface area (Å²) in [6.45, 7) is 1.05. The molecule has 1 atom stereocenters. The monoisotopic (exact) mass is 668 g/mol.